The van der Waals surface area contributed by atoms with Gasteiger partial charge in [0.2, 0.25) is 15.9 Å². The Hall–Kier alpha value is -1.93. The fourth-order valence-corrected chi connectivity index (χ4v) is 2.86. The highest BCUT2D eigenvalue weighted by atomic mass is 32.2. The summed E-state index contributed by atoms with van der Waals surface area (Å²) in [5.74, 6) is -3.15. The molecule has 122 valence electrons. The summed E-state index contributed by atoms with van der Waals surface area (Å²) in [4.78, 5) is 23.2. The van der Waals surface area contributed by atoms with Crippen LogP contribution in [0.25, 0.3) is 0 Å². The van der Waals surface area contributed by atoms with Crippen molar-refractivity contribution in [3.8, 4) is 0 Å². The molecular weight excluding hydrogens is 308 g/mol. The van der Waals surface area contributed by atoms with Gasteiger partial charge >= 0.3 is 5.97 Å². The Bertz CT molecular complexity index is 677. The third-order valence-corrected chi connectivity index (χ3v) is 4.12. The third-order valence-electron chi connectivity index (χ3n) is 3.11. The number of nitrogens with two attached hydrogens (primary N) is 1. The van der Waals surface area contributed by atoms with Crippen LogP contribution in [0.2, 0.25) is 0 Å². The van der Waals surface area contributed by atoms with Gasteiger partial charge in [0.25, 0.3) is 0 Å². The summed E-state index contributed by atoms with van der Waals surface area (Å²) in [6, 6.07) is 5.96. The molecule has 7 nitrogen and oxygen atoms in total. The second kappa shape index (κ2) is 6.45. The standard InChI is InChI=1S/C14H20N2O5S/c1-14(2,3)11(13(18)19)12(17)16-8-9-6-4-5-7-10(9)22(15,20)21/h4-7,11H,8H2,1-3H3,(H,16,17)(H,18,19)(H2,15,20,21). The topological polar surface area (TPSA) is 127 Å². The largest absolute Gasteiger partial charge is 0.481 e. The summed E-state index contributed by atoms with van der Waals surface area (Å²) in [6.07, 6.45) is 0. The molecule has 0 aliphatic rings. The van der Waals surface area contributed by atoms with Gasteiger partial charge in [-0.15, -0.1) is 0 Å². The van der Waals surface area contributed by atoms with Crippen LogP contribution in [0.4, 0.5) is 0 Å². The zero-order chi connectivity index (χ0) is 17.1. The lowest BCUT2D eigenvalue weighted by molar-refractivity contribution is -0.151. The van der Waals surface area contributed by atoms with Crippen LogP contribution in [0.15, 0.2) is 29.2 Å². The van der Waals surface area contributed by atoms with E-state index in [-0.39, 0.29) is 11.4 Å². The van der Waals surface area contributed by atoms with Crippen LogP contribution in [0.3, 0.4) is 0 Å². The molecule has 1 aromatic rings. The number of sulfonamides is 1. The fraction of sp³-hybridized carbons (Fsp3) is 0.429. The highest BCUT2D eigenvalue weighted by molar-refractivity contribution is 7.89. The third kappa shape index (κ3) is 4.54. The van der Waals surface area contributed by atoms with Gasteiger partial charge < -0.3 is 10.4 Å². The van der Waals surface area contributed by atoms with Gasteiger partial charge in [-0.3, -0.25) is 9.59 Å². The molecule has 1 rings (SSSR count). The van der Waals surface area contributed by atoms with Gasteiger partial charge in [-0.1, -0.05) is 39.0 Å². The number of nitrogens with one attached hydrogen (secondary N) is 1. The minimum atomic E-state index is -3.91. The summed E-state index contributed by atoms with van der Waals surface area (Å²) < 4.78 is 22.9. The first-order chi connectivity index (χ1) is 9.94. The summed E-state index contributed by atoms with van der Waals surface area (Å²) in [5, 5.41) is 16.7. The molecule has 1 amide bonds. The highest BCUT2D eigenvalue weighted by Crippen LogP contribution is 2.26. The van der Waals surface area contributed by atoms with Crippen molar-refractivity contribution in [1.29, 1.82) is 0 Å². The number of benzene rings is 1. The van der Waals surface area contributed by atoms with Crippen LogP contribution < -0.4 is 10.5 Å². The van der Waals surface area contributed by atoms with E-state index in [1.807, 2.05) is 0 Å². The number of hydrogen-bond acceptors (Lipinski definition) is 4. The second-order valence-electron chi connectivity index (χ2n) is 6.01. The zero-order valence-corrected chi connectivity index (χ0v) is 13.5. The maximum absolute atomic E-state index is 12.1. The first kappa shape index (κ1) is 18.1. The van der Waals surface area contributed by atoms with Crippen LogP contribution in [-0.4, -0.2) is 25.4 Å². The number of hydrogen-bond donors (Lipinski definition) is 3. The molecular formula is C14H20N2O5S. The van der Waals surface area contributed by atoms with E-state index in [1.54, 1.807) is 26.8 Å². The van der Waals surface area contributed by atoms with Crippen molar-refractivity contribution in [2.75, 3.05) is 0 Å². The molecule has 0 saturated carbocycles. The van der Waals surface area contributed by atoms with Crippen molar-refractivity contribution in [2.45, 2.75) is 32.2 Å². The molecule has 1 aromatic carbocycles. The maximum Gasteiger partial charge on any atom is 0.316 e. The molecule has 0 aliphatic heterocycles. The van der Waals surface area contributed by atoms with Crippen molar-refractivity contribution in [3.63, 3.8) is 0 Å². The van der Waals surface area contributed by atoms with Crippen molar-refractivity contribution in [3.05, 3.63) is 29.8 Å². The molecule has 0 aromatic heterocycles. The van der Waals surface area contributed by atoms with E-state index in [0.29, 0.717) is 5.56 Å². The predicted octanol–water partition coefficient (Wildman–Crippen LogP) is 0.697. The molecule has 1 unspecified atom stereocenters. The Morgan fingerprint density at radius 3 is 2.27 bits per heavy atom. The van der Waals surface area contributed by atoms with Gasteiger partial charge in [-0.2, -0.15) is 0 Å². The number of carboxylic acid groups (broad SMARTS) is 1. The Kier molecular flexibility index (Phi) is 5.31. The summed E-state index contributed by atoms with van der Waals surface area (Å²) >= 11 is 0. The molecule has 0 bridgehead atoms. The Labute approximate surface area is 129 Å². The van der Waals surface area contributed by atoms with Crippen molar-refractivity contribution in [1.82, 2.24) is 5.32 Å². The lowest BCUT2D eigenvalue weighted by atomic mass is 9.80. The Morgan fingerprint density at radius 2 is 1.82 bits per heavy atom. The molecule has 22 heavy (non-hydrogen) atoms. The maximum atomic E-state index is 12.1. The molecule has 0 radical (unpaired) electrons. The Morgan fingerprint density at radius 1 is 1.27 bits per heavy atom. The van der Waals surface area contributed by atoms with E-state index in [2.05, 4.69) is 5.32 Å². The van der Waals surface area contributed by atoms with E-state index in [4.69, 9.17) is 5.14 Å². The van der Waals surface area contributed by atoms with Crippen LogP contribution >= 0.6 is 0 Å². The number of carbonyl (C=O) groups excluding carboxylic acids is 1. The van der Waals surface area contributed by atoms with Crippen LogP contribution in [0.1, 0.15) is 26.3 Å². The number of primary sulfonamides is 1. The average Bonchev–Trinajstić information content (AvgIpc) is 2.33. The molecule has 0 fully saturated rings. The smallest absolute Gasteiger partial charge is 0.316 e. The van der Waals surface area contributed by atoms with Gasteiger partial charge in [0.1, 0.15) is 5.92 Å². The zero-order valence-electron chi connectivity index (χ0n) is 12.7. The first-order valence-electron chi connectivity index (χ1n) is 6.56. The molecule has 4 N–H and O–H groups in total. The predicted molar refractivity (Wildman–Crippen MR) is 80.2 cm³/mol. The van der Waals surface area contributed by atoms with E-state index in [9.17, 15) is 23.1 Å². The van der Waals surface area contributed by atoms with Gasteiger partial charge in [-0.05, 0) is 17.0 Å². The van der Waals surface area contributed by atoms with E-state index in [0.717, 1.165) is 0 Å². The molecule has 8 heteroatoms. The van der Waals surface area contributed by atoms with Gasteiger partial charge in [0, 0.05) is 6.54 Å². The monoisotopic (exact) mass is 328 g/mol. The minimum Gasteiger partial charge on any atom is -0.481 e. The molecule has 1 atom stereocenters. The lowest BCUT2D eigenvalue weighted by Crippen LogP contribution is -2.42. The molecule has 0 spiro atoms. The van der Waals surface area contributed by atoms with Crippen LogP contribution in [0, 0.1) is 11.3 Å². The van der Waals surface area contributed by atoms with Crippen molar-refractivity contribution in [2.24, 2.45) is 16.5 Å². The van der Waals surface area contributed by atoms with Crippen LogP contribution in [0.5, 0.6) is 0 Å². The number of rotatable bonds is 5. The van der Waals surface area contributed by atoms with Crippen molar-refractivity contribution >= 4 is 21.9 Å². The van der Waals surface area contributed by atoms with E-state index in [1.165, 1.54) is 18.2 Å². The molecule has 0 heterocycles. The molecule has 0 aliphatic carbocycles. The van der Waals surface area contributed by atoms with E-state index < -0.39 is 33.2 Å². The quantitative estimate of drug-likeness (QED) is 0.686. The van der Waals surface area contributed by atoms with Gasteiger partial charge in [0.15, 0.2) is 0 Å². The summed E-state index contributed by atoms with van der Waals surface area (Å²) in [5.41, 5.74) is -0.466. The SMILES string of the molecule is CC(C)(C)C(C(=O)O)C(=O)NCc1ccccc1S(N)(=O)=O. The number of carbonyl (C=O) groups is 2. The lowest BCUT2D eigenvalue weighted by Gasteiger charge is -2.26. The summed E-state index contributed by atoms with van der Waals surface area (Å²) in [7, 11) is -3.91. The first-order valence-corrected chi connectivity index (χ1v) is 8.10. The van der Waals surface area contributed by atoms with Gasteiger partial charge in [0.05, 0.1) is 4.90 Å². The molecule has 0 saturated heterocycles. The highest BCUT2D eigenvalue weighted by Gasteiger charge is 2.37. The Balaban J connectivity index is 2.96. The van der Waals surface area contributed by atoms with Crippen LogP contribution in [-0.2, 0) is 26.2 Å². The summed E-state index contributed by atoms with van der Waals surface area (Å²) in [6.45, 7) is 4.81. The second-order valence-corrected chi connectivity index (χ2v) is 7.54. The fourth-order valence-electron chi connectivity index (χ4n) is 2.09. The average molecular weight is 328 g/mol. The van der Waals surface area contributed by atoms with Gasteiger partial charge in [-0.25, -0.2) is 13.6 Å². The van der Waals surface area contributed by atoms with E-state index >= 15 is 0 Å². The minimum absolute atomic E-state index is 0.0991. The normalized spacial score (nSPS) is 13.5. The number of carboxylic acids is 1. The number of amides is 1. The van der Waals surface area contributed by atoms with Crippen molar-refractivity contribution < 1.29 is 23.1 Å². The number of aliphatic carboxylic acids is 1.